The van der Waals surface area contributed by atoms with Crippen molar-refractivity contribution in [3.05, 3.63) is 58.1 Å². The third-order valence-corrected chi connectivity index (χ3v) is 5.55. The Morgan fingerprint density at radius 2 is 1.65 bits per heavy atom. The van der Waals surface area contributed by atoms with E-state index in [1.165, 1.54) is 11.8 Å². The molecule has 0 aliphatic heterocycles. The molecule has 0 saturated heterocycles. The van der Waals surface area contributed by atoms with E-state index < -0.39 is 0 Å². The highest BCUT2D eigenvalue weighted by molar-refractivity contribution is 9.10. The molecule has 138 valence electrons. The van der Waals surface area contributed by atoms with Gasteiger partial charge in [-0.2, -0.15) is 11.8 Å². The number of benzene rings is 2. The van der Waals surface area contributed by atoms with Crippen molar-refractivity contribution in [3.8, 4) is 0 Å². The van der Waals surface area contributed by atoms with Crippen LogP contribution in [0.3, 0.4) is 0 Å². The molecule has 0 heterocycles. The lowest BCUT2D eigenvalue weighted by Crippen LogP contribution is -2.15. The summed E-state index contributed by atoms with van der Waals surface area (Å²) < 4.78 is 0.863. The highest BCUT2D eigenvalue weighted by atomic mass is 79.9. The number of para-hydroxylation sites is 2. The van der Waals surface area contributed by atoms with E-state index in [2.05, 4.69) is 26.6 Å². The first-order chi connectivity index (χ1) is 12.5. The van der Waals surface area contributed by atoms with Crippen LogP contribution in [0.4, 0.5) is 11.4 Å². The molecule has 0 fully saturated rings. The Labute approximate surface area is 167 Å². The van der Waals surface area contributed by atoms with Gasteiger partial charge in [0, 0.05) is 16.6 Å². The highest BCUT2D eigenvalue weighted by Crippen LogP contribution is 2.22. The van der Waals surface area contributed by atoms with E-state index in [1.54, 1.807) is 0 Å². The normalized spacial score (nSPS) is 10.4. The van der Waals surface area contributed by atoms with Crippen molar-refractivity contribution >= 4 is 50.9 Å². The first-order valence-electron chi connectivity index (χ1n) is 8.45. The number of anilines is 2. The van der Waals surface area contributed by atoms with Gasteiger partial charge in [-0.05, 0) is 65.2 Å². The molecule has 2 aromatic carbocycles. The lowest BCUT2D eigenvalue weighted by molar-refractivity contribution is -0.116. The van der Waals surface area contributed by atoms with Crippen LogP contribution in [-0.2, 0) is 9.59 Å². The lowest BCUT2D eigenvalue weighted by Gasteiger charge is -2.11. The standard InChI is InChI=1S/C20H23BrN2O2S/c1-14-7-5-8-15(2)20(14)23-18(24)11-6-12-26-13-19(25)22-17-10-4-3-9-16(17)21/h3-5,7-10H,6,11-13H2,1-2H3,(H,22,25)(H,23,24). The molecule has 0 radical (unpaired) electrons. The molecule has 0 unspecified atom stereocenters. The molecule has 2 rings (SSSR count). The summed E-state index contributed by atoms with van der Waals surface area (Å²) >= 11 is 4.94. The Balaban J connectivity index is 1.65. The van der Waals surface area contributed by atoms with Crippen molar-refractivity contribution in [1.82, 2.24) is 0 Å². The molecule has 0 aliphatic rings. The van der Waals surface area contributed by atoms with E-state index in [1.807, 2.05) is 56.3 Å². The number of rotatable bonds is 8. The second-order valence-corrected chi connectivity index (χ2v) is 7.96. The summed E-state index contributed by atoms with van der Waals surface area (Å²) in [7, 11) is 0. The lowest BCUT2D eigenvalue weighted by atomic mass is 10.1. The van der Waals surface area contributed by atoms with Crippen LogP contribution < -0.4 is 10.6 Å². The van der Waals surface area contributed by atoms with Gasteiger partial charge in [-0.25, -0.2) is 0 Å². The summed E-state index contributed by atoms with van der Waals surface area (Å²) in [6, 6.07) is 13.5. The van der Waals surface area contributed by atoms with Crippen molar-refractivity contribution in [3.63, 3.8) is 0 Å². The van der Waals surface area contributed by atoms with Crippen LogP contribution in [-0.4, -0.2) is 23.3 Å². The Morgan fingerprint density at radius 3 is 2.35 bits per heavy atom. The summed E-state index contributed by atoms with van der Waals surface area (Å²) in [6.07, 6.45) is 1.19. The number of carbonyl (C=O) groups is 2. The fourth-order valence-corrected chi connectivity index (χ4v) is 3.60. The van der Waals surface area contributed by atoms with E-state index in [-0.39, 0.29) is 11.8 Å². The topological polar surface area (TPSA) is 58.2 Å². The van der Waals surface area contributed by atoms with Crippen molar-refractivity contribution < 1.29 is 9.59 Å². The molecule has 0 aromatic heterocycles. The van der Waals surface area contributed by atoms with E-state index in [0.717, 1.165) is 39.1 Å². The Morgan fingerprint density at radius 1 is 0.962 bits per heavy atom. The van der Waals surface area contributed by atoms with Crippen LogP contribution in [0.15, 0.2) is 46.9 Å². The van der Waals surface area contributed by atoms with Crippen molar-refractivity contribution in [2.45, 2.75) is 26.7 Å². The molecule has 0 saturated carbocycles. The third kappa shape index (κ3) is 6.50. The molecule has 2 N–H and O–H groups in total. The molecule has 6 heteroatoms. The summed E-state index contributed by atoms with van der Waals surface area (Å²) in [5.41, 5.74) is 3.80. The van der Waals surface area contributed by atoms with Crippen LogP contribution in [0.5, 0.6) is 0 Å². The van der Waals surface area contributed by atoms with Gasteiger partial charge in [-0.1, -0.05) is 30.3 Å². The molecular weight excluding hydrogens is 412 g/mol. The number of nitrogens with one attached hydrogen (secondary N) is 2. The molecule has 26 heavy (non-hydrogen) atoms. The minimum absolute atomic E-state index is 0.0145. The monoisotopic (exact) mass is 434 g/mol. The van der Waals surface area contributed by atoms with E-state index in [9.17, 15) is 9.59 Å². The SMILES string of the molecule is Cc1cccc(C)c1NC(=O)CCCSCC(=O)Nc1ccccc1Br. The second kappa shape index (κ2) is 10.4. The first kappa shape index (κ1) is 20.5. The Hall–Kier alpha value is -1.79. The number of aryl methyl sites for hydroxylation is 2. The fraction of sp³-hybridized carbons (Fsp3) is 0.300. The smallest absolute Gasteiger partial charge is 0.234 e. The minimum atomic E-state index is -0.0399. The molecule has 0 aliphatic carbocycles. The number of halogens is 1. The minimum Gasteiger partial charge on any atom is -0.326 e. The van der Waals surface area contributed by atoms with Crippen molar-refractivity contribution in [2.24, 2.45) is 0 Å². The van der Waals surface area contributed by atoms with Crippen LogP contribution in [0.1, 0.15) is 24.0 Å². The van der Waals surface area contributed by atoms with Crippen LogP contribution in [0, 0.1) is 13.8 Å². The van der Waals surface area contributed by atoms with Gasteiger partial charge in [0.1, 0.15) is 0 Å². The number of amides is 2. The summed E-state index contributed by atoms with van der Waals surface area (Å²) in [5, 5.41) is 5.85. The molecule has 2 aromatic rings. The van der Waals surface area contributed by atoms with Crippen molar-refractivity contribution in [2.75, 3.05) is 22.1 Å². The van der Waals surface area contributed by atoms with Crippen LogP contribution in [0.25, 0.3) is 0 Å². The van der Waals surface area contributed by atoms with Gasteiger partial charge in [0.2, 0.25) is 11.8 Å². The second-order valence-electron chi connectivity index (χ2n) is 6.00. The van der Waals surface area contributed by atoms with E-state index >= 15 is 0 Å². The summed E-state index contributed by atoms with van der Waals surface area (Å²) in [4.78, 5) is 24.0. The van der Waals surface area contributed by atoms with Gasteiger partial charge in [0.05, 0.1) is 11.4 Å². The number of thioether (sulfide) groups is 1. The van der Waals surface area contributed by atoms with Crippen molar-refractivity contribution in [1.29, 1.82) is 0 Å². The average Bonchev–Trinajstić information content (AvgIpc) is 2.60. The van der Waals surface area contributed by atoms with Crippen LogP contribution in [0.2, 0.25) is 0 Å². The van der Waals surface area contributed by atoms with Crippen LogP contribution >= 0.6 is 27.7 Å². The average molecular weight is 435 g/mol. The highest BCUT2D eigenvalue weighted by Gasteiger charge is 2.08. The van der Waals surface area contributed by atoms with Gasteiger partial charge in [-0.15, -0.1) is 0 Å². The summed E-state index contributed by atoms with van der Waals surface area (Å²) in [6.45, 7) is 3.98. The Bertz CT molecular complexity index is 760. The number of hydrogen-bond donors (Lipinski definition) is 2. The number of hydrogen-bond acceptors (Lipinski definition) is 3. The number of carbonyl (C=O) groups excluding carboxylic acids is 2. The maximum atomic E-state index is 12.1. The molecule has 0 bridgehead atoms. The zero-order valence-corrected chi connectivity index (χ0v) is 17.4. The van der Waals surface area contributed by atoms with Gasteiger partial charge in [-0.3, -0.25) is 9.59 Å². The maximum absolute atomic E-state index is 12.1. The van der Waals surface area contributed by atoms with E-state index in [0.29, 0.717) is 12.2 Å². The van der Waals surface area contributed by atoms with Gasteiger partial charge < -0.3 is 10.6 Å². The van der Waals surface area contributed by atoms with Gasteiger partial charge in [0.25, 0.3) is 0 Å². The quantitative estimate of drug-likeness (QED) is 0.564. The maximum Gasteiger partial charge on any atom is 0.234 e. The predicted molar refractivity (Wildman–Crippen MR) is 114 cm³/mol. The molecule has 2 amide bonds. The molecule has 0 spiro atoms. The largest absolute Gasteiger partial charge is 0.326 e. The summed E-state index contributed by atoms with van der Waals surface area (Å²) in [5.74, 6) is 1.12. The Kier molecular flexibility index (Phi) is 8.19. The molecule has 4 nitrogen and oxygen atoms in total. The van der Waals surface area contributed by atoms with E-state index in [4.69, 9.17) is 0 Å². The van der Waals surface area contributed by atoms with Gasteiger partial charge in [0.15, 0.2) is 0 Å². The zero-order chi connectivity index (χ0) is 18.9. The molecular formula is C20H23BrN2O2S. The predicted octanol–water partition coefficient (Wildman–Crippen LogP) is 5.16. The van der Waals surface area contributed by atoms with Gasteiger partial charge >= 0.3 is 0 Å². The molecule has 0 atom stereocenters. The third-order valence-electron chi connectivity index (χ3n) is 3.82. The fourth-order valence-electron chi connectivity index (χ4n) is 2.46. The zero-order valence-electron chi connectivity index (χ0n) is 15.0. The first-order valence-corrected chi connectivity index (χ1v) is 10.4.